The second kappa shape index (κ2) is 12.8. The van der Waals surface area contributed by atoms with E-state index >= 15 is 0 Å². The minimum atomic E-state index is -1.04. The summed E-state index contributed by atoms with van der Waals surface area (Å²) in [5.74, 6) is 0.497. The van der Waals surface area contributed by atoms with Crippen LogP contribution in [-0.4, -0.2) is 27.3 Å². The van der Waals surface area contributed by atoms with Crippen molar-refractivity contribution in [3.63, 3.8) is 0 Å². The number of aromatic carboxylic acids is 1. The molecule has 6 nitrogen and oxygen atoms in total. The quantitative estimate of drug-likeness (QED) is 0.182. The molecule has 42 heavy (non-hydrogen) atoms. The van der Waals surface area contributed by atoms with Gasteiger partial charge in [-0.25, -0.2) is 9.78 Å². The van der Waals surface area contributed by atoms with E-state index in [-0.39, 0.29) is 18.1 Å². The second-order valence-electron chi connectivity index (χ2n) is 11.0. The number of rotatable bonds is 12. The number of thiazole rings is 1. The molecule has 0 radical (unpaired) electrons. The van der Waals surface area contributed by atoms with Crippen molar-refractivity contribution in [2.45, 2.75) is 64.5 Å². The third-order valence-electron chi connectivity index (χ3n) is 8.20. The number of allylic oxidation sites excluding steroid dienone is 1. The zero-order valence-corrected chi connectivity index (χ0v) is 25.3. The van der Waals surface area contributed by atoms with Gasteiger partial charge in [-0.2, -0.15) is 0 Å². The predicted molar refractivity (Wildman–Crippen MR) is 170 cm³/mol. The molecule has 1 aliphatic heterocycles. The monoisotopic (exact) mass is 579 g/mol. The minimum Gasteiger partial charge on any atom is -0.485 e. The molecule has 0 bridgehead atoms. The maximum atomic E-state index is 11.2. The summed E-state index contributed by atoms with van der Waals surface area (Å²) in [4.78, 5) is 25.1. The van der Waals surface area contributed by atoms with Crippen LogP contribution in [0.1, 0.15) is 84.4 Å². The minimum absolute atomic E-state index is 0.0900. The first-order valence-corrected chi connectivity index (χ1v) is 15.4. The number of hydrogen-bond donors (Lipinski definition) is 1. The summed E-state index contributed by atoms with van der Waals surface area (Å²) in [6.45, 7) is 9.25. The van der Waals surface area contributed by atoms with Crippen molar-refractivity contribution in [1.82, 2.24) is 9.97 Å². The number of pyridine rings is 1. The standard InChI is InChI=1S/C35H37N3O3S/c1-5-24(6-2)33(35(16-7-17-37-35)29-14-12-25(13-15-29)23(3)4)27-10-8-26(9-11-27)31-22-42-32(38-31)21-41-30-18-28(34(39)40)19-36-20-30/h7-20,22-24,33H,5-6,21H2,1-4H3,(H,39,40). The molecule has 4 aromatic rings. The molecule has 2 atom stereocenters. The highest BCUT2D eigenvalue weighted by Gasteiger charge is 2.43. The van der Waals surface area contributed by atoms with E-state index < -0.39 is 11.5 Å². The zero-order chi connectivity index (χ0) is 29.7. The van der Waals surface area contributed by atoms with Crippen LogP contribution < -0.4 is 4.74 Å². The molecule has 5 rings (SSSR count). The molecule has 2 aromatic carbocycles. The lowest BCUT2D eigenvalue weighted by Gasteiger charge is -2.39. The fourth-order valence-corrected chi connectivity index (χ4v) is 6.56. The van der Waals surface area contributed by atoms with Crippen molar-refractivity contribution in [3.05, 3.63) is 112 Å². The molecule has 3 heterocycles. The van der Waals surface area contributed by atoms with Gasteiger partial charge in [0.1, 0.15) is 22.9 Å². The first-order valence-electron chi connectivity index (χ1n) is 14.5. The summed E-state index contributed by atoms with van der Waals surface area (Å²) in [5, 5.41) is 12.0. The van der Waals surface area contributed by atoms with Crippen LogP contribution in [0.3, 0.4) is 0 Å². The van der Waals surface area contributed by atoms with Gasteiger partial charge in [-0.3, -0.25) is 9.98 Å². The Morgan fingerprint density at radius 1 is 1.00 bits per heavy atom. The highest BCUT2D eigenvalue weighted by Crippen LogP contribution is 2.49. The highest BCUT2D eigenvalue weighted by molar-refractivity contribution is 7.09. The van der Waals surface area contributed by atoms with Crippen molar-refractivity contribution in [2.24, 2.45) is 10.9 Å². The summed E-state index contributed by atoms with van der Waals surface area (Å²) >= 11 is 1.52. The Hall–Kier alpha value is -4.10. The number of ether oxygens (including phenoxy) is 1. The average Bonchev–Trinajstić information content (AvgIpc) is 3.70. The molecule has 1 N–H and O–H groups in total. The molecule has 2 unspecified atom stereocenters. The molecule has 216 valence electrons. The van der Waals surface area contributed by atoms with Gasteiger partial charge in [0.25, 0.3) is 0 Å². The smallest absolute Gasteiger partial charge is 0.337 e. The Bertz CT molecular complexity index is 1560. The molecular formula is C35H37N3O3S. The molecule has 0 spiro atoms. The molecule has 0 aliphatic carbocycles. The van der Waals surface area contributed by atoms with Crippen LogP contribution in [0.4, 0.5) is 0 Å². The number of hydrogen-bond acceptors (Lipinski definition) is 6. The van der Waals surface area contributed by atoms with Gasteiger partial charge in [0, 0.05) is 29.3 Å². The van der Waals surface area contributed by atoms with E-state index in [1.807, 2.05) is 11.6 Å². The fourth-order valence-electron chi connectivity index (χ4n) is 5.84. The van der Waals surface area contributed by atoms with Gasteiger partial charge in [0.05, 0.1) is 17.5 Å². The summed E-state index contributed by atoms with van der Waals surface area (Å²) in [5.41, 5.74) is 5.42. The number of carboxylic acid groups (broad SMARTS) is 1. The number of benzene rings is 2. The van der Waals surface area contributed by atoms with Crippen molar-refractivity contribution >= 4 is 23.5 Å². The van der Waals surface area contributed by atoms with E-state index in [0.717, 1.165) is 29.1 Å². The average molecular weight is 580 g/mol. The summed E-state index contributed by atoms with van der Waals surface area (Å²) in [6, 6.07) is 19.3. The third kappa shape index (κ3) is 6.07. The molecule has 0 saturated heterocycles. The van der Waals surface area contributed by atoms with Crippen LogP contribution in [0.15, 0.2) is 89.5 Å². The highest BCUT2D eigenvalue weighted by atomic mass is 32.1. The SMILES string of the molecule is CCC(CC)C(c1ccc(-c2csc(COc3cncc(C(=O)O)c3)n2)cc1)C1(c2ccc(C(C)C)cc2)C=CC=N1. The maximum Gasteiger partial charge on any atom is 0.337 e. The number of carbonyl (C=O) groups is 1. The second-order valence-corrected chi connectivity index (χ2v) is 12.0. The van der Waals surface area contributed by atoms with Gasteiger partial charge in [-0.1, -0.05) is 95.1 Å². The number of nitrogens with zero attached hydrogens (tertiary/aromatic N) is 3. The lowest BCUT2D eigenvalue weighted by molar-refractivity contribution is 0.0695. The van der Waals surface area contributed by atoms with Crippen LogP contribution in [0.2, 0.25) is 0 Å². The van der Waals surface area contributed by atoms with Gasteiger partial charge < -0.3 is 9.84 Å². The molecule has 0 fully saturated rings. The van der Waals surface area contributed by atoms with Crippen LogP contribution in [-0.2, 0) is 12.1 Å². The predicted octanol–water partition coefficient (Wildman–Crippen LogP) is 8.66. The van der Waals surface area contributed by atoms with Crippen LogP contribution in [0, 0.1) is 5.92 Å². The molecule has 0 amide bonds. The summed E-state index contributed by atoms with van der Waals surface area (Å²) in [6.07, 6.45) is 11.3. The Labute approximate surface area is 251 Å². The van der Waals surface area contributed by atoms with Crippen LogP contribution >= 0.6 is 11.3 Å². The van der Waals surface area contributed by atoms with E-state index in [4.69, 9.17) is 14.7 Å². The first-order chi connectivity index (χ1) is 20.3. The van der Waals surface area contributed by atoms with E-state index in [0.29, 0.717) is 17.6 Å². The van der Waals surface area contributed by atoms with Crippen LogP contribution in [0.5, 0.6) is 5.75 Å². The zero-order valence-electron chi connectivity index (χ0n) is 24.5. The molecular weight excluding hydrogens is 542 g/mol. The van der Waals surface area contributed by atoms with Crippen molar-refractivity contribution in [1.29, 1.82) is 0 Å². The van der Waals surface area contributed by atoms with Gasteiger partial charge in [-0.15, -0.1) is 11.3 Å². The number of carboxylic acids is 1. The maximum absolute atomic E-state index is 11.2. The Kier molecular flexibility index (Phi) is 8.97. The van der Waals surface area contributed by atoms with E-state index in [2.05, 4.69) is 93.4 Å². The Morgan fingerprint density at radius 2 is 1.71 bits per heavy atom. The molecule has 2 aromatic heterocycles. The Balaban J connectivity index is 1.40. The van der Waals surface area contributed by atoms with Crippen molar-refractivity contribution in [3.8, 4) is 17.0 Å². The van der Waals surface area contributed by atoms with E-state index in [1.165, 1.54) is 46.5 Å². The molecule has 7 heteroatoms. The number of aromatic nitrogens is 2. The van der Waals surface area contributed by atoms with E-state index in [1.54, 1.807) is 0 Å². The normalized spacial score (nSPS) is 16.8. The van der Waals surface area contributed by atoms with Gasteiger partial charge in [-0.05, 0) is 40.7 Å². The van der Waals surface area contributed by atoms with Crippen molar-refractivity contribution < 1.29 is 14.6 Å². The van der Waals surface area contributed by atoms with Crippen molar-refractivity contribution in [2.75, 3.05) is 0 Å². The van der Waals surface area contributed by atoms with Gasteiger partial charge in [0.2, 0.25) is 0 Å². The molecule has 0 saturated carbocycles. The van der Waals surface area contributed by atoms with Gasteiger partial charge in [0.15, 0.2) is 0 Å². The van der Waals surface area contributed by atoms with E-state index in [9.17, 15) is 9.90 Å². The van der Waals surface area contributed by atoms with Gasteiger partial charge >= 0.3 is 5.97 Å². The summed E-state index contributed by atoms with van der Waals surface area (Å²) in [7, 11) is 0. The topological polar surface area (TPSA) is 84.7 Å². The lowest BCUT2D eigenvalue weighted by Crippen LogP contribution is -2.33. The summed E-state index contributed by atoms with van der Waals surface area (Å²) < 4.78 is 5.77. The first kappa shape index (κ1) is 29.4. The lowest BCUT2D eigenvalue weighted by atomic mass is 9.67. The number of aliphatic imine (C=N–C) groups is 1. The van der Waals surface area contributed by atoms with Crippen LogP contribution in [0.25, 0.3) is 11.3 Å². The third-order valence-corrected chi connectivity index (χ3v) is 9.02. The fraction of sp³-hybridized carbons (Fsp3) is 0.314. The Morgan fingerprint density at radius 3 is 2.33 bits per heavy atom. The molecule has 1 aliphatic rings. The largest absolute Gasteiger partial charge is 0.485 e.